The highest BCUT2D eigenvalue weighted by Crippen LogP contribution is 2.45. The summed E-state index contributed by atoms with van der Waals surface area (Å²) in [5, 5.41) is 13.5. The van der Waals surface area contributed by atoms with Crippen LogP contribution in [-0.4, -0.2) is 33.1 Å². The van der Waals surface area contributed by atoms with Crippen molar-refractivity contribution < 1.29 is 27.9 Å². The molecule has 0 spiro atoms. The largest absolute Gasteiger partial charge is 0.416 e. The summed E-state index contributed by atoms with van der Waals surface area (Å²) in [5.74, 6) is -2.55. The molecule has 9 heteroatoms. The molecule has 0 saturated carbocycles. The van der Waals surface area contributed by atoms with E-state index in [4.69, 9.17) is 0 Å². The highest BCUT2D eigenvalue weighted by atomic mass is 19.4. The summed E-state index contributed by atoms with van der Waals surface area (Å²) in [6, 6.07) is 9.16. The zero-order valence-corrected chi connectivity index (χ0v) is 17.8. The molecule has 3 N–H and O–H groups in total. The first kappa shape index (κ1) is 21.0. The molecule has 34 heavy (non-hydrogen) atoms. The second-order valence-corrected chi connectivity index (χ2v) is 9.11. The number of rotatable bonds is 3. The second kappa shape index (κ2) is 7.20. The molecular weight excluding hydrogens is 447 g/mol. The predicted octanol–water partition coefficient (Wildman–Crippen LogP) is 3.83. The minimum absolute atomic E-state index is 0.0453. The van der Waals surface area contributed by atoms with Crippen molar-refractivity contribution in [3.63, 3.8) is 0 Å². The fourth-order valence-electron chi connectivity index (χ4n) is 5.60. The number of fused-ring (bicyclic) bond motifs is 1. The molecule has 2 aliphatic rings. The fraction of sp³-hybridized carbons (Fsp3) is 0.280. The molecule has 0 aliphatic carbocycles. The maximum Gasteiger partial charge on any atom is 0.416 e. The Labute approximate surface area is 191 Å². The van der Waals surface area contributed by atoms with Crippen molar-refractivity contribution in [1.29, 1.82) is 0 Å². The summed E-state index contributed by atoms with van der Waals surface area (Å²) in [6.07, 6.45) is -0.366. The first-order valence-corrected chi connectivity index (χ1v) is 11.0. The van der Waals surface area contributed by atoms with Crippen molar-refractivity contribution >= 4 is 33.6 Å². The molecule has 2 aromatic carbocycles. The van der Waals surface area contributed by atoms with E-state index in [9.17, 15) is 27.9 Å². The van der Waals surface area contributed by atoms with Crippen molar-refractivity contribution in [3.05, 3.63) is 71.0 Å². The van der Waals surface area contributed by atoms with Gasteiger partial charge in [-0.1, -0.05) is 24.3 Å². The lowest BCUT2D eigenvalue weighted by Gasteiger charge is -2.22. The van der Waals surface area contributed by atoms with Crippen LogP contribution in [0.5, 0.6) is 0 Å². The van der Waals surface area contributed by atoms with Crippen LogP contribution in [0.1, 0.15) is 34.1 Å². The lowest BCUT2D eigenvalue weighted by molar-refractivity contribution is -0.137. The Morgan fingerprint density at radius 3 is 2.53 bits per heavy atom. The summed E-state index contributed by atoms with van der Waals surface area (Å²) in [6.45, 7) is 0.647. The summed E-state index contributed by atoms with van der Waals surface area (Å²) < 4.78 is 41.5. The van der Waals surface area contributed by atoms with Gasteiger partial charge >= 0.3 is 6.18 Å². The third-order valence-electron chi connectivity index (χ3n) is 7.09. The van der Waals surface area contributed by atoms with E-state index in [2.05, 4.69) is 10.3 Å². The first-order chi connectivity index (χ1) is 16.3. The molecule has 6 rings (SSSR count). The number of aliphatic hydroxyl groups is 1. The minimum Gasteiger partial charge on any atom is -0.396 e. The standard InChI is InChI=1S/C25H20F3N3O3/c26-25(27,28)14-4-5-15-17(8-29-19(15)7-14)20-21(24(34)30-23(20)33)18-10-31-9-12(11-32)6-13-2-1-3-16(18)22(13)31/h1-5,7-8,10,12,20-21,29,32H,6,9,11H2,(H,30,33,34). The summed E-state index contributed by atoms with van der Waals surface area (Å²) in [5.41, 5.74) is 2.71. The summed E-state index contributed by atoms with van der Waals surface area (Å²) in [4.78, 5) is 28.8. The predicted molar refractivity (Wildman–Crippen MR) is 118 cm³/mol. The maximum atomic E-state index is 13.2. The monoisotopic (exact) mass is 467 g/mol. The molecule has 6 nitrogen and oxygen atoms in total. The van der Waals surface area contributed by atoms with Crippen LogP contribution < -0.4 is 5.32 Å². The Balaban J connectivity index is 1.50. The number of nitrogens with zero attached hydrogens (tertiary/aromatic N) is 1. The number of hydrogen-bond donors (Lipinski definition) is 3. The number of benzene rings is 2. The molecule has 3 unspecified atom stereocenters. The van der Waals surface area contributed by atoms with Crippen molar-refractivity contribution in [1.82, 2.24) is 14.9 Å². The fourth-order valence-corrected chi connectivity index (χ4v) is 5.60. The Morgan fingerprint density at radius 2 is 1.79 bits per heavy atom. The lowest BCUT2D eigenvalue weighted by atomic mass is 9.82. The average Bonchev–Trinajstić information content (AvgIpc) is 3.46. The molecule has 174 valence electrons. The number of H-pyrrole nitrogens is 1. The van der Waals surface area contributed by atoms with E-state index >= 15 is 0 Å². The molecule has 2 aromatic heterocycles. The van der Waals surface area contributed by atoms with Crippen LogP contribution in [0.25, 0.3) is 21.8 Å². The van der Waals surface area contributed by atoms with Gasteiger partial charge in [0.1, 0.15) is 0 Å². The second-order valence-electron chi connectivity index (χ2n) is 9.11. The van der Waals surface area contributed by atoms with E-state index in [1.165, 1.54) is 12.3 Å². The Kier molecular flexibility index (Phi) is 4.44. The van der Waals surface area contributed by atoms with E-state index < -0.39 is 35.4 Å². The van der Waals surface area contributed by atoms with Gasteiger partial charge in [-0.3, -0.25) is 14.9 Å². The average molecular weight is 467 g/mol. The van der Waals surface area contributed by atoms with Crippen LogP contribution >= 0.6 is 0 Å². The molecule has 0 bridgehead atoms. The Bertz CT molecular complexity index is 1480. The number of aliphatic hydroxyl groups excluding tert-OH is 1. The number of nitrogens with one attached hydrogen (secondary N) is 2. The van der Waals surface area contributed by atoms with Gasteiger partial charge in [0.15, 0.2) is 0 Å². The van der Waals surface area contributed by atoms with Crippen LogP contribution in [0.3, 0.4) is 0 Å². The minimum atomic E-state index is -4.49. The molecule has 1 saturated heterocycles. The zero-order chi connectivity index (χ0) is 23.8. The van der Waals surface area contributed by atoms with Crippen LogP contribution in [0.4, 0.5) is 13.2 Å². The quantitative estimate of drug-likeness (QED) is 0.401. The molecule has 0 radical (unpaired) electrons. The number of hydrogen-bond acceptors (Lipinski definition) is 3. The van der Waals surface area contributed by atoms with Crippen molar-refractivity contribution in [2.75, 3.05) is 6.61 Å². The van der Waals surface area contributed by atoms with Gasteiger partial charge in [0.05, 0.1) is 22.9 Å². The van der Waals surface area contributed by atoms with E-state index in [-0.39, 0.29) is 18.0 Å². The lowest BCUT2D eigenvalue weighted by Crippen LogP contribution is -2.22. The van der Waals surface area contributed by atoms with Crippen LogP contribution in [-0.2, 0) is 28.7 Å². The zero-order valence-electron chi connectivity index (χ0n) is 17.8. The van der Waals surface area contributed by atoms with E-state index in [1.807, 2.05) is 29.0 Å². The van der Waals surface area contributed by atoms with E-state index in [0.29, 0.717) is 23.1 Å². The first-order valence-electron chi connectivity index (χ1n) is 11.0. The van der Waals surface area contributed by atoms with Gasteiger partial charge in [0, 0.05) is 47.8 Å². The number of carbonyl (C=O) groups excluding carboxylic acids is 2. The summed E-state index contributed by atoms with van der Waals surface area (Å²) in [7, 11) is 0. The van der Waals surface area contributed by atoms with Gasteiger partial charge < -0.3 is 14.7 Å². The molecule has 3 atom stereocenters. The third-order valence-corrected chi connectivity index (χ3v) is 7.09. The van der Waals surface area contributed by atoms with Crippen molar-refractivity contribution in [2.24, 2.45) is 5.92 Å². The van der Waals surface area contributed by atoms with Crippen LogP contribution in [0.2, 0.25) is 0 Å². The molecule has 2 amide bonds. The molecular formula is C25H20F3N3O3. The van der Waals surface area contributed by atoms with Gasteiger partial charge in [0.25, 0.3) is 0 Å². The van der Waals surface area contributed by atoms with Crippen LogP contribution in [0, 0.1) is 5.92 Å². The smallest absolute Gasteiger partial charge is 0.396 e. The maximum absolute atomic E-state index is 13.2. The number of halogens is 3. The highest BCUT2D eigenvalue weighted by molar-refractivity contribution is 6.13. The van der Waals surface area contributed by atoms with Gasteiger partial charge in [-0.05, 0) is 35.2 Å². The SMILES string of the molecule is O=C1NC(=O)C(c2cn3c4c(cccc24)CC(CO)C3)C1c1c[nH]c2cc(C(F)(F)F)ccc12. The van der Waals surface area contributed by atoms with Crippen molar-refractivity contribution in [3.8, 4) is 0 Å². The topological polar surface area (TPSA) is 87.1 Å². The number of aromatic nitrogens is 2. The number of imide groups is 1. The number of amides is 2. The molecule has 4 aromatic rings. The molecule has 1 fully saturated rings. The number of carbonyl (C=O) groups is 2. The van der Waals surface area contributed by atoms with Gasteiger partial charge in [-0.25, -0.2) is 0 Å². The van der Waals surface area contributed by atoms with Gasteiger partial charge in [0.2, 0.25) is 11.8 Å². The number of aromatic amines is 1. The normalized spacial score (nSPS) is 22.6. The van der Waals surface area contributed by atoms with E-state index in [0.717, 1.165) is 35.0 Å². The summed E-state index contributed by atoms with van der Waals surface area (Å²) >= 11 is 0. The number of alkyl halides is 3. The van der Waals surface area contributed by atoms with Crippen LogP contribution in [0.15, 0.2) is 48.8 Å². The third kappa shape index (κ3) is 3.00. The molecule has 2 aliphatic heterocycles. The number of para-hydroxylation sites is 1. The van der Waals surface area contributed by atoms with Gasteiger partial charge in [-0.2, -0.15) is 13.2 Å². The van der Waals surface area contributed by atoms with E-state index in [1.54, 1.807) is 0 Å². The van der Waals surface area contributed by atoms with Gasteiger partial charge in [-0.15, -0.1) is 0 Å². The van der Waals surface area contributed by atoms with Crippen molar-refractivity contribution in [2.45, 2.75) is 31.0 Å². The molecule has 4 heterocycles. The Hall–Kier alpha value is -3.59. The highest BCUT2D eigenvalue weighted by Gasteiger charge is 2.46. The Morgan fingerprint density at radius 1 is 1.03 bits per heavy atom.